The normalized spacial score (nSPS) is 14.5. The third-order valence-corrected chi connectivity index (χ3v) is 6.54. The molecule has 1 N–H and O–H groups in total. The molecular weight excluding hydrogens is 432 g/mol. The smallest absolute Gasteiger partial charge is 0.191 e. The molecule has 4 aromatic rings. The number of ether oxygens (including phenoxy) is 1. The van der Waals surface area contributed by atoms with Gasteiger partial charge in [0.25, 0.3) is 0 Å². The van der Waals surface area contributed by atoms with Crippen LogP contribution in [0.15, 0.2) is 72.0 Å². The molecule has 2 aromatic carbocycles. The van der Waals surface area contributed by atoms with Crippen LogP contribution in [0.3, 0.4) is 0 Å². The van der Waals surface area contributed by atoms with Crippen LogP contribution in [0.5, 0.6) is 0 Å². The lowest BCUT2D eigenvalue weighted by Gasteiger charge is -2.26. The van der Waals surface area contributed by atoms with Crippen molar-refractivity contribution in [3.05, 3.63) is 72.4 Å². The van der Waals surface area contributed by atoms with Crippen LogP contribution < -0.4 is 5.32 Å². The number of rotatable bonds is 9. The van der Waals surface area contributed by atoms with Crippen LogP contribution >= 0.6 is 11.8 Å². The van der Waals surface area contributed by atoms with Crippen molar-refractivity contribution >= 4 is 34.3 Å². The van der Waals surface area contributed by atoms with Crippen LogP contribution in [0.4, 0.5) is 11.5 Å². The first-order valence-corrected chi connectivity index (χ1v) is 12.4. The molecule has 0 amide bonds. The summed E-state index contributed by atoms with van der Waals surface area (Å²) in [5.74, 6) is 1.74. The van der Waals surface area contributed by atoms with Crippen LogP contribution in [0.1, 0.15) is 5.56 Å². The molecule has 170 valence electrons. The van der Waals surface area contributed by atoms with E-state index in [9.17, 15) is 0 Å². The lowest BCUT2D eigenvalue weighted by atomic mass is 10.1. The molecule has 0 radical (unpaired) electrons. The number of hydrogen-bond acceptors (Lipinski definition) is 7. The van der Waals surface area contributed by atoms with Crippen LogP contribution in [-0.4, -0.2) is 63.2 Å². The molecule has 1 saturated heterocycles. The van der Waals surface area contributed by atoms with Gasteiger partial charge in [-0.25, -0.2) is 14.6 Å². The van der Waals surface area contributed by atoms with E-state index in [1.54, 1.807) is 11.8 Å². The van der Waals surface area contributed by atoms with E-state index in [-0.39, 0.29) is 0 Å². The van der Waals surface area contributed by atoms with Crippen molar-refractivity contribution in [3.8, 4) is 0 Å². The highest BCUT2D eigenvalue weighted by Gasteiger charge is 2.15. The van der Waals surface area contributed by atoms with Crippen molar-refractivity contribution in [2.75, 3.05) is 43.9 Å². The molecule has 33 heavy (non-hydrogen) atoms. The lowest BCUT2D eigenvalue weighted by molar-refractivity contribution is 0.0410. The topological polar surface area (TPSA) is 68.1 Å². The molecule has 1 aliphatic rings. The number of aryl methyl sites for hydroxylation is 2. The molecule has 5 rings (SSSR count). The molecule has 7 nitrogen and oxygen atoms in total. The zero-order valence-corrected chi connectivity index (χ0v) is 19.4. The molecule has 0 spiro atoms. The van der Waals surface area contributed by atoms with Crippen molar-refractivity contribution in [2.45, 2.75) is 18.1 Å². The fourth-order valence-corrected chi connectivity index (χ4v) is 4.73. The van der Waals surface area contributed by atoms with Crippen LogP contribution in [-0.2, 0) is 17.7 Å². The number of anilines is 2. The van der Waals surface area contributed by atoms with Crippen LogP contribution in [0.2, 0.25) is 0 Å². The van der Waals surface area contributed by atoms with Crippen LogP contribution in [0.25, 0.3) is 11.0 Å². The van der Waals surface area contributed by atoms with Gasteiger partial charge in [0.15, 0.2) is 10.8 Å². The number of thioether (sulfide) groups is 1. The first kappa shape index (κ1) is 21.9. The van der Waals surface area contributed by atoms with E-state index >= 15 is 0 Å². The van der Waals surface area contributed by atoms with Gasteiger partial charge in [0, 0.05) is 37.6 Å². The number of nitrogens with zero attached hydrogens (tertiary/aromatic N) is 5. The quantitative estimate of drug-likeness (QED) is 0.296. The van der Waals surface area contributed by atoms with Gasteiger partial charge < -0.3 is 10.1 Å². The minimum Gasteiger partial charge on any atom is -0.379 e. The third-order valence-electron chi connectivity index (χ3n) is 5.71. The van der Waals surface area contributed by atoms with Crippen molar-refractivity contribution < 1.29 is 4.74 Å². The second-order valence-corrected chi connectivity index (χ2v) is 9.05. The number of nitrogens with one attached hydrogen (secondary N) is 1. The zero-order valence-electron chi connectivity index (χ0n) is 18.6. The summed E-state index contributed by atoms with van der Waals surface area (Å²) in [7, 11) is 0. The highest BCUT2D eigenvalue weighted by atomic mass is 32.2. The Kier molecular flexibility index (Phi) is 7.15. The largest absolute Gasteiger partial charge is 0.379 e. The van der Waals surface area contributed by atoms with Gasteiger partial charge in [0.1, 0.15) is 5.82 Å². The number of fused-ring (bicyclic) bond motifs is 1. The highest BCUT2D eigenvalue weighted by molar-refractivity contribution is 7.99. The number of benzene rings is 2. The molecule has 0 unspecified atom stereocenters. The molecule has 2 aromatic heterocycles. The highest BCUT2D eigenvalue weighted by Crippen LogP contribution is 2.27. The van der Waals surface area contributed by atoms with Crippen molar-refractivity contribution in [3.63, 3.8) is 0 Å². The summed E-state index contributed by atoms with van der Waals surface area (Å²) >= 11 is 1.69. The second-order valence-electron chi connectivity index (χ2n) is 7.99. The van der Waals surface area contributed by atoms with Gasteiger partial charge in [-0.05, 0) is 24.1 Å². The molecule has 0 bridgehead atoms. The third kappa shape index (κ3) is 5.71. The van der Waals surface area contributed by atoms with Crippen LogP contribution in [0, 0.1) is 0 Å². The number of morpholine rings is 1. The number of hydrogen-bond donors (Lipinski definition) is 1. The molecule has 1 fully saturated rings. The Morgan fingerprint density at radius 2 is 1.67 bits per heavy atom. The standard InChI is InChI=1S/C25H28N6OS/c1-3-7-20(8-4-1)11-12-31-24-22(19-26-31)23(27-21-9-5-2-6-10-21)28-25(29-24)33-18-15-30-13-16-32-17-14-30/h1-10,19H,11-18H2,(H,27,28,29). The van der Waals surface area contributed by atoms with Gasteiger partial charge in [-0.2, -0.15) is 5.10 Å². The Balaban J connectivity index is 1.37. The molecule has 3 heterocycles. The summed E-state index contributed by atoms with van der Waals surface area (Å²) in [5.41, 5.74) is 3.16. The summed E-state index contributed by atoms with van der Waals surface area (Å²) in [6.45, 7) is 5.40. The van der Waals surface area contributed by atoms with Gasteiger partial charge in [-0.3, -0.25) is 4.90 Å². The van der Waals surface area contributed by atoms with Crippen molar-refractivity contribution in [1.29, 1.82) is 0 Å². The Bertz CT molecular complexity index is 1160. The van der Waals surface area contributed by atoms with Gasteiger partial charge >= 0.3 is 0 Å². The van der Waals surface area contributed by atoms with E-state index in [0.29, 0.717) is 0 Å². The Morgan fingerprint density at radius 3 is 2.45 bits per heavy atom. The predicted octanol–water partition coefficient (Wildman–Crippen LogP) is 4.24. The van der Waals surface area contributed by atoms with E-state index in [2.05, 4.69) is 39.6 Å². The SMILES string of the molecule is c1ccc(CCn2ncc3c(Nc4ccccc4)nc(SCCN4CCOCC4)nc32)cc1. The summed E-state index contributed by atoms with van der Waals surface area (Å²) in [6, 6.07) is 20.6. The number of aromatic nitrogens is 4. The molecule has 8 heteroatoms. The first-order valence-electron chi connectivity index (χ1n) is 11.4. The minimum absolute atomic E-state index is 0.771. The minimum atomic E-state index is 0.771. The first-order chi connectivity index (χ1) is 16.3. The summed E-state index contributed by atoms with van der Waals surface area (Å²) in [4.78, 5) is 12.2. The summed E-state index contributed by atoms with van der Waals surface area (Å²) in [6.07, 6.45) is 2.77. The lowest BCUT2D eigenvalue weighted by Crippen LogP contribution is -2.37. The maximum absolute atomic E-state index is 5.45. The monoisotopic (exact) mass is 460 g/mol. The number of para-hydroxylation sites is 1. The molecule has 0 saturated carbocycles. The molecule has 0 aliphatic carbocycles. The molecule has 0 atom stereocenters. The van der Waals surface area contributed by atoms with Gasteiger partial charge in [0.05, 0.1) is 24.8 Å². The van der Waals surface area contributed by atoms with E-state index < -0.39 is 0 Å². The maximum atomic E-state index is 5.45. The fraction of sp³-hybridized carbons (Fsp3) is 0.320. The van der Waals surface area contributed by atoms with Gasteiger partial charge in [0.2, 0.25) is 0 Å². The van der Waals surface area contributed by atoms with Crippen molar-refractivity contribution in [1.82, 2.24) is 24.6 Å². The Morgan fingerprint density at radius 1 is 0.909 bits per heavy atom. The maximum Gasteiger partial charge on any atom is 0.191 e. The fourth-order valence-electron chi connectivity index (χ4n) is 3.89. The van der Waals surface area contributed by atoms with E-state index in [0.717, 1.165) is 79.3 Å². The van der Waals surface area contributed by atoms with Gasteiger partial charge in [-0.1, -0.05) is 60.3 Å². The Hall–Kier alpha value is -2.94. The predicted molar refractivity (Wildman–Crippen MR) is 133 cm³/mol. The average Bonchev–Trinajstić information content (AvgIpc) is 3.28. The summed E-state index contributed by atoms with van der Waals surface area (Å²) in [5, 5.41) is 9.83. The van der Waals surface area contributed by atoms with Crippen molar-refractivity contribution in [2.24, 2.45) is 0 Å². The molecule has 1 aliphatic heterocycles. The Labute approximate surface area is 198 Å². The van der Waals surface area contributed by atoms with E-state index in [4.69, 9.17) is 14.7 Å². The molecular formula is C25H28N6OS. The summed E-state index contributed by atoms with van der Waals surface area (Å²) < 4.78 is 7.45. The van der Waals surface area contributed by atoms with E-state index in [1.807, 2.05) is 47.3 Å². The van der Waals surface area contributed by atoms with Gasteiger partial charge in [-0.15, -0.1) is 0 Å². The average molecular weight is 461 g/mol. The van der Waals surface area contributed by atoms with E-state index in [1.165, 1.54) is 5.56 Å². The second kappa shape index (κ2) is 10.8. The zero-order chi connectivity index (χ0) is 22.3.